The minimum absolute atomic E-state index is 0.214. The Hall–Kier alpha value is -1.32. The number of benzene rings is 2. The van der Waals surface area contributed by atoms with E-state index in [1.165, 1.54) is 11.1 Å². The van der Waals surface area contributed by atoms with Crippen LogP contribution in [0.25, 0.3) is 0 Å². The normalized spacial score (nSPS) is 12.2. The zero-order valence-electron chi connectivity index (χ0n) is 10.6. The van der Waals surface area contributed by atoms with Crippen LogP contribution in [0.3, 0.4) is 0 Å². The lowest BCUT2D eigenvalue weighted by Gasteiger charge is -2.18. The molecule has 0 amide bonds. The molecule has 0 saturated carbocycles. The summed E-state index contributed by atoms with van der Waals surface area (Å²) in [6.45, 7) is 0. The van der Waals surface area contributed by atoms with Gasteiger partial charge in [-0.1, -0.05) is 40.2 Å². The van der Waals surface area contributed by atoms with E-state index in [2.05, 4.69) is 75.1 Å². The van der Waals surface area contributed by atoms with E-state index >= 15 is 0 Å². The van der Waals surface area contributed by atoms with Crippen LogP contribution in [0.15, 0.2) is 53.0 Å². The van der Waals surface area contributed by atoms with Crippen LogP contribution in [0.4, 0.5) is 5.69 Å². The Morgan fingerprint density at radius 1 is 0.944 bits per heavy atom. The Labute approximate surface area is 117 Å². The molecule has 2 nitrogen and oxygen atoms in total. The van der Waals surface area contributed by atoms with Crippen molar-refractivity contribution in [3.8, 4) is 0 Å². The average molecular weight is 305 g/mol. The highest BCUT2D eigenvalue weighted by molar-refractivity contribution is 9.10. The van der Waals surface area contributed by atoms with E-state index in [1.54, 1.807) is 0 Å². The van der Waals surface area contributed by atoms with E-state index in [-0.39, 0.29) is 6.04 Å². The highest BCUT2D eigenvalue weighted by Gasteiger charge is 2.11. The SMILES string of the molecule is CNc1cccc(C(NC)c2ccc(Br)cc2)c1. The number of hydrogen-bond donors (Lipinski definition) is 2. The molecule has 0 aliphatic carbocycles. The number of nitrogens with one attached hydrogen (secondary N) is 2. The number of halogens is 1. The summed E-state index contributed by atoms with van der Waals surface area (Å²) >= 11 is 3.47. The van der Waals surface area contributed by atoms with Crippen LogP contribution in [0, 0.1) is 0 Å². The summed E-state index contributed by atoms with van der Waals surface area (Å²) < 4.78 is 1.10. The van der Waals surface area contributed by atoms with Gasteiger partial charge in [0.05, 0.1) is 6.04 Å². The second kappa shape index (κ2) is 6.03. The van der Waals surface area contributed by atoms with Gasteiger partial charge in [-0.25, -0.2) is 0 Å². The quantitative estimate of drug-likeness (QED) is 0.898. The molecule has 0 bridgehead atoms. The summed E-state index contributed by atoms with van der Waals surface area (Å²) in [5.74, 6) is 0. The van der Waals surface area contributed by atoms with Crippen LogP contribution in [0.2, 0.25) is 0 Å². The summed E-state index contributed by atoms with van der Waals surface area (Å²) in [6.07, 6.45) is 0. The molecule has 0 aliphatic rings. The first-order chi connectivity index (χ1) is 8.74. The lowest BCUT2D eigenvalue weighted by molar-refractivity contribution is 0.692. The Morgan fingerprint density at radius 2 is 1.67 bits per heavy atom. The van der Waals surface area contributed by atoms with Crippen LogP contribution >= 0.6 is 15.9 Å². The maximum atomic E-state index is 3.47. The molecule has 2 rings (SSSR count). The fourth-order valence-corrected chi connectivity index (χ4v) is 2.32. The third-order valence-electron chi connectivity index (χ3n) is 3.00. The van der Waals surface area contributed by atoms with E-state index in [4.69, 9.17) is 0 Å². The molecule has 2 aromatic carbocycles. The summed E-state index contributed by atoms with van der Waals surface area (Å²) in [5, 5.41) is 6.53. The molecule has 1 atom stereocenters. The number of hydrogen-bond acceptors (Lipinski definition) is 2. The van der Waals surface area contributed by atoms with Gasteiger partial charge in [0, 0.05) is 17.2 Å². The van der Waals surface area contributed by atoms with Crippen molar-refractivity contribution in [1.29, 1.82) is 0 Å². The van der Waals surface area contributed by atoms with Crippen LogP contribution in [-0.2, 0) is 0 Å². The molecule has 0 fully saturated rings. The predicted octanol–water partition coefficient (Wildman–Crippen LogP) is 3.80. The molecule has 0 spiro atoms. The summed E-state index contributed by atoms with van der Waals surface area (Å²) in [4.78, 5) is 0. The van der Waals surface area contributed by atoms with Crippen molar-refractivity contribution in [2.24, 2.45) is 0 Å². The molecule has 18 heavy (non-hydrogen) atoms. The van der Waals surface area contributed by atoms with Gasteiger partial charge in [0.2, 0.25) is 0 Å². The Bertz CT molecular complexity index is 508. The second-order valence-corrected chi connectivity index (χ2v) is 5.06. The first-order valence-electron chi connectivity index (χ1n) is 5.95. The molecular formula is C15H17BrN2. The molecule has 0 heterocycles. The van der Waals surface area contributed by atoms with Gasteiger partial charge in [-0.2, -0.15) is 0 Å². The van der Waals surface area contributed by atoms with Gasteiger partial charge >= 0.3 is 0 Å². The van der Waals surface area contributed by atoms with Crippen molar-refractivity contribution in [2.75, 3.05) is 19.4 Å². The number of anilines is 1. The molecule has 0 saturated heterocycles. The van der Waals surface area contributed by atoms with Gasteiger partial charge in [-0.15, -0.1) is 0 Å². The van der Waals surface area contributed by atoms with Gasteiger partial charge in [0.15, 0.2) is 0 Å². The highest BCUT2D eigenvalue weighted by Crippen LogP contribution is 2.25. The average Bonchev–Trinajstić information content (AvgIpc) is 2.42. The van der Waals surface area contributed by atoms with E-state index < -0.39 is 0 Å². The molecule has 2 N–H and O–H groups in total. The minimum atomic E-state index is 0.214. The fourth-order valence-electron chi connectivity index (χ4n) is 2.05. The van der Waals surface area contributed by atoms with Crippen LogP contribution in [0.1, 0.15) is 17.2 Å². The van der Waals surface area contributed by atoms with Crippen molar-refractivity contribution in [1.82, 2.24) is 5.32 Å². The van der Waals surface area contributed by atoms with Gasteiger partial charge in [0.25, 0.3) is 0 Å². The molecule has 2 aromatic rings. The summed E-state index contributed by atoms with van der Waals surface area (Å²) in [7, 11) is 3.92. The predicted molar refractivity (Wildman–Crippen MR) is 81.0 cm³/mol. The number of rotatable bonds is 4. The second-order valence-electron chi connectivity index (χ2n) is 4.15. The van der Waals surface area contributed by atoms with E-state index in [0.29, 0.717) is 0 Å². The Balaban J connectivity index is 2.35. The van der Waals surface area contributed by atoms with Crippen molar-refractivity contribution < 1.29 is 0 Å². The standard InChI is InChI=1S/C15H17BrN2/c1-17-14-5-3-4-12(10-14)15(18-2)11-6-8-13(16)9-7-11/h3-10,15,17-18H,1-2H3. The molecule has 94 valence electrons. The molecule has 0 aromatic heterocycles. The maximum absolute atomic E-state index is 3.47. The van der Waals surface area contributed by atoms with E-state index in [1.807, 2.05) is 14.1 Å². The maximum Gasteiger partial charge on any atom is 0.0575 e. The van der Waals surface area contributed by atoms with Gasteiger partial charge in [0.1, 0.15) is 0 Å². The highest BCUT2D eigenvalue weighted by atomic mass is 79.9. The molecule has 0 radical (unpaired) electrons. The van der Waals surface area contributed by atoms with Gasteiger partial charge in [-0.3, -0.25) is 0 Å². The lowest BCUT2D eigenvalue weighted by Crippen LogP contribution is -2.17. The van der Waals surface area contributed by atoms with Crippen molar-refractivity contribution >= 4 is 21.6 Å². The van der Waals surface area contributed by atoms with E-state index in [9.17, 15) is 0 Å². The minimum Gasteiger partial charge on any atom is -0.388 e. The van der Waals surface area contributed by atoms with E-state index in [0.717, 1.165) is 10.2 Å². The first kappa shape index (κ1) is 13.1. The third-order valence-corrected chi connectivity index (χ3v) is 3.53. The van der Waals surface area contributed by atoms with Crippen molar-refractivity contribution in [3.63, 3.8) is 0 Å². The van der Waals surface area contributed by atoms with Crippen molar-refractivity contribution in [3.05, 3.63) is 64.1 Å². The molecule has 3 heteroatoms. The lowest BCUT2D eigenvalue weighted by atomic mass is 9.98. The van der Waals surface area contributed by atoms with Crippen LogP contribution < -0.4 is 10.6 Å². The zero-order valence-corrected chi connectivity index (χ0v) is 12.2. The molecule has 0 aliphatic heterocycles. The first-order valence-corrected chi connectivity index (χ1v) is 6.74. The summed E-state index contributed by atoms with van der Waals surface area (Å²) in [6, 6.07) is 17.1. The molecular weight excluding hydrogens is 288 g/mol. The zero-order chi connectivity index (χ0) is 13.0. The Morgan fingerprint density at radius 3 is 2.28 bits per heavy atom. The Kier molecular flexibility index (Phi) is 4.39. The van der Waals surface area contributed by atoms with Crippen LogP contribution in [-0.4, -0.2) is 14.1 Å². The van der Waals surface area contributed by atoms with Gasteiger partial charge in [-0.05, 0) is 42.4 Å². The molecule has 1 unspecified atom stereocenters. The summed E-state index contributed by atoms with van der Waals surface area (Å²) in [5.41, 5.74) is 3.64. The van der Waals surface area contributed by atoms with Gasteiger partial charge < -0.3 is 10.6 Å². The third kappa shape index (κ3) is 2.92. The topological polar surface area (TPSA) is 24.1 Å². The van der Waals surface area contributed by atoms with Crippen molar-refractivity contribution in [2.45, 2.75) is 6.04 Å². The fraction of sp³-hybridized carbons (Fsp3) is 0.200. The smallest absolute Gasteiger partial charge is 0.0575 e. The largest absolute Gasteiger partial charge is 0.388 e. The monoisotopic (exact) mass is 304 g/mol. The van der Waals surface area contributed by atoms with Crippen LogP contribution in [0.5, 0.6) is 0 Å².